The van der Waals surface area contributed by atoms with E-state index in [1.165, 1.54) is 0 Å². The van der Waals surface area contributed by atoms with E-state index in [4.69, 9.17) is 0 Å². The van der Waals surface area contributed by atoms with E-state index in [0.29, 0.717) is 34.3 Å². The molecular weight excluding hydrogens is 504 g/mol. The van der Waals surface area contributed by atoms with Crippen LogP contribution in [-0.4, -0.2) is 60.2 Å². The summed E-state index contributed by atoms with van der Waals surface area (Å²) in [6.45, 7) is 3.27. The molecule has 1 aliphatic rings. The van der Waals surface area contributed by atoms with E-state index in [9.17, 15) is 26.8 Å². The van der Waals surface area contributed by atoms with Gasteiger partial charge in [0, 0.05) is 29.4 Å². The smallest absolute Gasteiger partial charge is 0.244 e. The van der Waals surface area contributed by atoms with Crippen LogP contribution >= 0.6 is 0 Å². The number of aromatic nitrogens is 2. The average molecular weight is 532 g/mol. The molecule has 0 radical (unpaired) electrons. The molecule has 2 heterocycles. The number of aromatic amines is 1. The number of carbonyl (C=O) groups is 2. The molecule has 0 unspecified atom stereocenters. The summed E-state index contributed by atoms with van der Waals surface area (Å²) >= 11 is 0. The normalized spacial score (nSPS) is 15.1. The summed E-state index contributed by atoms with van der Waals surface area (Å²) in [5, 5.41) is 9.87. The zero-order chi connectivity index (χ0) is 27.1. The second-order valence-corrected chi connectivity index (χ2v) is 11.5. The summed E-state index contributed by atoms with van der Waals surface area (Å²) in [6.07, 6.45) is -0.124. The Hall–Kier alpha value is -3.48. The molecule has 9 nitrogen and oxygen atoms in total. The fourth-order valence-electron chi connectivity index (χ4n) is 4.44. The number of hydrogen-bond acceptors (Lipinski definition) is 6. The number of nitrogens with one attached hydrogen (secondary N) is 2. The second-order valence-electron chi connectivity index (χ2n) is 9.64. The molecule has 0 bridgehead atoms. The molecule has 0 saturated carbocycles. The van der Waals surface area contributed by atoms with Crippen molar-refractivity contribution in [3.05, 3.63) is 76.6 Å². The van der Waals surface area contributed by atoms with Gasteiger partial charge in [-0.2, -0.15) is 9.40 Å². The SMILES string of the molecule is CN(C)CC(=O)Nc1ccccc1C(=O)Cc1[nH]nc2c1CN(S(=O)(=O)c1cc(F)cc(F)c1)C2(C)C. The van der Waals surface area contributed by atoms with E-state index >= 15 is 0 Å². The zero-order valence-electron chi connectivity index (χ0n) is 20.8. The Kier molecular flexibility index (Phi) is 7.01. The molecular formula is C25H27F2N5O4S. The molecule has 0 saturated heterocycles. The van der Waals surface area contributed by atoms with E-state index < -0.39 is 32.1 Å². The van der Waals surface area contributed by atoms with Crippen molar-refractivity contribution in [2.45, 2.75) is 37.2 Å². The quantitative estimate of drug-likeness (QED) is 0.432. The predicted octanol–water partition coefficient (Wildman–Crippen LogP) is 3.05. The lowest BCUT2D eigenvalue weighted by atomic mass is 9.99. The van der Waals surface area contributed by atoms with Crippen molar-refractivity contribution < 1.29 is 26.8 Å². The molecule has 1 amide bonds. The third-order valence-corrected chi connectivity index (χ3v) is 8.18. The number of nitrogens with zero attached hydrogens (tertiary/aromatic N) is 3. The van der Waals surface area contributed by atoms with Crippen LogP contribution in [0.2, 0.25) is 0 Å². The summed E-state index contributed by atoms with van der Waals surface area (Å²) in [4.78, 5) is 26.7. The Bertz CT molecular complexity index is 1460. The van der Waals surface area contributed by atoms with Crippen molar-refractivity contribution in [1.82, 2.24) is 19.4 Å². The highest BCUT2D eigenvalue weighted by Gasteiger charge is 2.48. The molecule has 2 aromatic carbocycles. The Morgan fingerprint density at radius 2 is 1.78 bits per heavy atom. The Labute approximate surface area is 213 Å². The van der Waals surface area contributed by atoms with Crippen LogP contribution < -0.4 is 5.32 Å². The molecule has 37 heavy (non-hydrogen) atoms. The fourth-order valence-corrected chi connectivity index (χ4v) is 6.21. The monoisotopic (exact) mass is 531 g/mol. The molecule has 196 valence electrons. The van der Waals surface area contributed by atoms with E-state index in [1.54, 1.807) is 57.1 Å². The third-order valence-electron chi connectivity index (χ3n) is 6.18. The van der Waals surface area contributed by atoms with Gasteiger partial charge in [-0.3, -0.25) is 14.7 Å². The van der Waals surface area contributed by atoms with E-state index in [0.717, 1.165) is 16.4 Å². The second kappa shape index (κ2) is 9.77. The first-order valence-corrected chi connectivity index (χ1v) is 12.9. The van der Waals surface area contributed by atoms with Gasteiger partial charge in [0.1, 0.15) is 11.6 Å². The van der Waals surface area contributed by atoms with Crippen molar-refractivity contribution in [3.63, 3.8) is 0 Å². The maximum Gasteiger partial charge on any atom is 0.244 e. The lowest BCUT2D eigenvalue weighted by Crippen LogP contribution is -2.40. The van der Waals surface area contributed by atoms with Gasteiger partial charge in [0.2, 0.25) is 15.9 Å². The number of anilines is 1. The number of para-hydroxylation sites is 1. The van der Waals surface area contributed by atoms with E-state index in [1.807, 2.05) is 0 Å². The first-order chi connectivity index (χ1) is 17.3. The lowest BCUT2D eigenvalue weighted by molar-refractivity contribution is -0.116. The number of carbonyl (C=O) groups excluding carboxylic acids is 2. The van der Waals surface area contributed by atoms with Gasteiger partial charge in [-0.15, -0.1) is 0 Å². The molecule has 12 heteroatoms. The maximum absolute atomic E-state index is 13.8. The molecule has 1 aromatic heterocycles. The van der Waals surface area contributed by atoms with Crippen LogP contribution in [0.25, 0.3) is 0 Å². The van der Waals surface area contributed by atoms with Gasteiger partial charge >= 0.3 is 0 Å². The van der Waals surface area contributed by atoms with E-state index in [-0.39, 0.29) is 31.2 Å². The fraction of sp³-hybridized carbons (Fsp3) is 0.320. The highest BCUT2D eigenvalue weighted by Crippen LogP contribution is 2.42. The third kappa shape index (κ3) is 5.17. The van der Waals surface area contributed by atoms with Crippen molar-refractivity contribution in [3.8, 4) is 0 Å². The number of benzene rings is 2. The Morgan fingerprint density at radius 1 is 1.14 bits per heavy atom. The van der Waals surface area contributed by atoms with Gasteiger partial charge < -0.3 is 10.2 Å². The number of hydrogen-bond donors (Lipinski definition) is 2. The highest BCUT2D eigenvalue weighted by atomic mass is 32.2. The topological polar surface area (TPSA) is 115 Å². The number of rotatable bonds is 8. The number of likely N-dealkylation sites (N-methyl/N-ethyl adjacent to an activating group) is 1. The first kappa shape index (κ1) is 26.6. The minimum absolute atomic E-state index is 0.124. The Morgan fingerprint density at radius 3 is 2.43 bits per heavy atom. The number of ketones is 1. The Balaban J connectivity index is 1.61. The lowest BCUT2D eigenvalue weighted by Gasteiger charge is -2.30. The number of Topliss-reactive ketones (excluding diaryl/α,β-unsaturated/α-hetero) is 1. The first-order valence-electron chi connectivity index (χ1n) is 11.4. The van der Waals surface area contributed by atoms with Crippen LogP contribution in [-0.2, 0) is 33.3 Å². The van der Waals surface area contributed by atoms with Gasteiger partial charge in [0.15, 0.2) is 5.78 Å². The minimum atomic E-state index is -4.29. The molecule has 0 fully saturated rings. The number of amides is 1. The summed E-state index contributed by atoms with van der Waals surface area (Å²) < 4.78 is 55.4. The molecule has 0 spiro atoms. The van der Waals surface area contributed by atoms with Gasteiger partial charge in [-0.25, -0.2) is 17.2 Å². The molecule has 0 atom stereocenters. The minimum Gasteiger partial charge on any atom is -0.324 e. The predicted molar refractivity (Wildman–Crippen MR) is 132 cm³/mol. The number of halogens is 2. The van der Waals surface area contributed by atoms with E-state index in [2.05, 4.69) is 15.5 Å². The highest BCUT2D eigenvalue weighted by molar-refractivity contribution is 7.89. The summed E-state index contributed by atoms with van der Waals surface area (Å²) in [5.41, 5.74) is 0.886. The number of sulfonamides is 1. The van der Waals surface area contributed by atoms with Gasteiger partial charge in [0.05, 0.1) is 34.8 Å². The van der Waals surface area contributed by atoms with Crippen LogP contribution in [0.15, 0.2) is 47.4 Å². The molecule has 4 rings (SSSR count). The van der Waals surface area contributed by atoms with Crippen molar-refractivity contribution in [2.75, 3.05) is 26.0 Å². The van der Waals surface area contributed by atoms with Crippen molar-refractivity contribution in [2.24, 2.45) is 0 Å². The van der Waals surface area contributed by atoms with Gasteiger partial charge in [-0.05, 0) is 52.2 Å². The van der Waals surface area contributed by atoms with Gasteiger partial charge in [0.25, 0.3) is 0 Å². The average Bonchev–Trinajstić information content (AvgIpc) is 3.31. The van der Waals surface area contributed by atoms with Crippen LogP contribution in [0, 0.1) is 11.6 Å². The zero-order valence-corrected chi connectivity index (χ0v) is 21.6. The van der Waals surface area contributed by atoms with Crippen LogP contribution in [0.3, 0.4) is 0 Å². The van der Waals surface area contributed by atoms with Crippen molar-refractivity contribution >= 4 is 27.4 Å². The van der Waals surface area contributed by atoms with Gasteiger partial charge in [-0.1, -0.05) is 12.1 Å². The molecule has 3 aromatic rings. The summed E-state index contributed by atoms with van der Waals surface area (Å²) in [7, 11) is -0.783. The summed E-state index contributed by atoms with van der Waals surface area (Å²) in [5.74, 6) is -2.59. The number of fused-ring (bicyclic) bond motifs is 1. The largest absolute Gasteiger partial charge is 0.324 e. The molecule has 0 aliphatic carbocycles. The standard InChI is InChI=1S/C25H27F2N5O4S/c1-25(2)24-19(13-32(25)37(35,36)17-10-15(26)9-16(27)11-17)21(29-30-24)12-22(33)18-7-5-6-8-20(18)28-23(34)14-31(3)4/h5-11H,12-14H2,1-4H3,(H,28,34)(H,29,30). The van der Waals surface area contributed by atoms with Crippen LogP contribution in [0.5, 0.6) is 0 Å². The van der Waals surface area contributed by atoms with Crippen LogP contribution in [0.1, 0.15) is 41.2 Å². The van der Waals surface area contributed by atoms with Crippen molar-refractivity contribution in [1.29, 1.82) is 0 Å². The maximum atomic E-state index is 13.8. The molecule has 1 aliphatic heterocycles. The summed E-state index contributed by atoms with van der Waals surface area (Å²) in [6, 6.07) is 8.76. The van der Waals surface area contributed by atoms with Crippen LogP contribution in [0.4, 0.5) is 14.5 Å². The molecule has 2 N–H and O–H groups in total. The number of H-pyrrole nitrogens is 1.